The molecule has 2 atom stereocenters. The lowest BCUT2D eigenvalue weighted by atomic mass is 9.97. The maximum Gasteiger partial charge on any atom is 0.126 e. The van der Waals surface area contributed by atoms with E-state index >= 15 is 0 Å². The third-order valence-corrected chi connectivity index (χ3v) is 3.24. The van der Waals surface area contributed by atoms with Gasteiger partial charge in [0, 0.05) is 13.2 Å². The molecule has 0 aliphatic carbocycles. The molecular weight excluding hydrogens is 248 g/mol. The summed E-state index contributed by atoms with van der Waals surface area (Å²) in [6, 6.07) is 3.57. The fraction of sp³-hybridized carbons (Fsp3) is 0.600. The molecule has 2 nitrogen and oxygen atoms in total. The Balaban J connectivity index is 2.84. The van der Waals surface area contributed by atoms with Crippen LogP contribution in [0.3, 0.4) is 0 Å². The summed E-state index contributed by atoms with van der Waals surface area (Å²) in [7, 11) is 1.66. The Hall–Kier alpha value is -1.00. The molecule has 0 spiro atoms. The summed E-state index contributed by atoms with van der Waals surface area (Å²) < 4.78 is 32.4. The van der Waals surface area contributed by atoms with Crippen molar-refractivity contribution in [1.29, 1.82) is 0 Å². The molecule has 1 N–H and O–H groups in total. The van der Waals surface area contributed by atoms with E-state index in [1.165, 1.54) is 12.1 Å². The average molecular weight is 271 g/mol. The van der Waals surface area contributed by atoms with Gasteiger partial charge in [-0.15, -0.1) is 0 Å². The van der Waals surface area contributed by atoms with E-state index in [1.807, 2.05) is 6.92 Å². The van der Waals surface area contributed by atoms with Crippen molar-refractivity contribution in [1.82, 2.24) is 5.32 Å². The van der Waals surface area contributed by atoms with Crippen molar-refractivity contribution in [3.63, 3.8) is 0 Å². The number of likely N-dealkylation sites (N-methyl/N-ethyl adjacent to an activating group) is 1. The third kappa shape index (κ3) is 4.88. The lowest BCUT2D eigenvalue weighted by molar-refractivity contribution is 0.0611. The summed E-state index contributed by atoms with van der Waals surface area (Å²) in [5.41, 5.74) is 0.393. The minimum Gasteiger partial charge on any atom is -0.380 e. The second kappa shape index (κ2) is 8.23. The van der Waals surface area contributed by atoms with Crippen LogP contribution in [-0.2, 0) is 11.2 Å². The van der Waals surface area contributed by atoms with Gasteiger partial charge in [-0.1, -0.05) is 20.3 Å². The third-order valence-electron chi connectivity index (χ3n) is 3.24. The first-order valence-electron chi connectivity index (χ1n) is 6.82. The van der Waals surface area contributed by atoms with Crippen molar-refractivity contribution in [3.8, 4) is 0 Å². The first-order chi connectivity index (χ1) is 9.12. The maximum atomic E-state index is 13.7. The van der Waals surface area contributed by atoms with Gasteiger partial charge in [-0.2, -0.15) is 0 Å². The standard InChI is InChI=1S/C15H23F2NO/c1-4-6-15(19-3)14(18-5-2)10-11-9-12(16)7-8-13(11)17/h7-9,14-15,18H,4-6,10H2,1-3H3. The van der Waals surface area contributed by atoms with Crippen LogP contribution in [-0.4, -0.2) is 25.8 Å². The molecule has 0 radical (unpaired) electrons. The highest BCUT2D eigenvalue weighted by Crippen LogP contribution is 2.16. The van der Waals surface area contributed by atoms with E-state index in [2.05, 4.69) is 12.2 Å². The summed E-state index contributed by atoms with van der Waals surface area (Å²) in [5.74, 6) is -0.772. The van der Waals surface area contributed by atoms with Crippen molar-refractivity contribution < 1.29 is 13.5 Å². The fourth-order valence-corrected chi connectivity index (χ4v) is 2.30. The summed E-state index contributed by atoms with van der Waals surface area (Å²) in [6.07, 6.45) is 2.32. The number of rotatable bonds is 8. The van der Waals surface area contributed by atoms with Gasteiger partial charge < -0.3 is 10.1 Å². The normalized spacial score (nSPS) is 14.4. The van der Waals surface area contributed by atoms with Crippen LogP contribution < -0.4 is 5.32 Å². The van der Waals surface area contributed by atoms with Gasteiger partial charge in [-0.05, 0) is 43.1 Å². The topological polar surface area (TPSA) is 21.3 Å². The highest BCUT2D eigenvalue weighted by atomic mass is 19.1. The lowest BCUT2D eigenvalue weighted by Gasteiger charge is -2.27. The first-order valence-corrected chi connectivity index (χ1v) is 6.82. The van der Waals surface area contributed by atoms with Crippen molar-refractivity contribution in [3.05, 3.63) is 35.4 Å². The first kappa shape index (κ1) is 16.1. The zero-order valence-corrected chi connectivity index (χ0v) is 11.9. The molecule has 19 heavy (non-hydrogen) atoms. The minimum absolute atomic E-state index is 0.00705. The Labute approximate surface area is 114 Å². The lowest BCUT2D eigenvalue weighted by Crippen LogP contribution is -2.42. The Kier molecular flexibility index (Phi) is 6.95. The van der Waals surface area contributed by atoms with E-state index in [0.717, 1.165) is 25.5 Å². The largest absolute Gasteiger partial charge is 0.380 e. The predicted octanol–water partition coefficient (Wildman–Crippen LogP) is 3.30. The molecule has 1 aromatic rings. The molecule has 1 rings (SSSR count). The molecular formula is C15H23F2NO. The molecule has 0 aliphatic heterocycles. The van der Waals surface area contributed by atoms with Gasteiger partial charge in [0.25, 0.3) is 0 Å². The molecule has 0 amide bonds. The van der Waals surface area contributed by atoms with E-state index < -0.39 is 5.82 Å². The number of benzene rings is 1. The van der Waals surface area contributed by atoms with Gasteiger partial charge in [0.05, 0.1) is 6.10 Å². The van der Waals surface area contributed by atoms with Crippen LogP contribution in [0.25, 0.3) is 0 Å². The number of nitrogens with one attached hydrogen (secondary N) is 1. The van der Waals surface area contributed by atoms with E-state index in [0.29, 0.717) is 12.0 Å². The van der Waals surface area contributed by atoms with Crippen LogP contribution in [0.5, 0.6) is 0 Å². The predicted molar refractivity (Wildman–Crippen MR) is 73.2 cm³/mol. The Morgan fingerprint density at radius 2 is 2.00 bits per heavy atom. The molecule has 0 saturated heterocycles. The molecule has 0 aromatic heterocycles. The monoisotopic (exact) mass is 271 g/mol. The molecule has 0 heterocycles. The molecule has 0 fully saturated rings. The molecule has 0 bridgehead atoms. The number of halogens is 2. The quantitative estimate of drug-likeness (QED) is 0.783. The highest BCUT2D eigenvalue weighted by molar-refractivity contribution is 5.20. The van der Waals surface area contributed by atoms with Gasteiger partial charge >= 0.3 is 0 Å². The van der Waals surface area contributed by atoms with Crippen LogP contribution in [0, 0.1) is 11.6 Å². The minimum atomic E-state index is -0.406. The van der Waals surface area contributed by atoms with Crippen LogP contribution in [0.15, 0.2) is 18.2 Å². The maximum absolute atomic E-state index is 13.7. The zero-order valence-electron chi connectivity index (χ0n) is 11.9. The van der Waals surface area contributed by atoms with Crippen molar-refractivity contribution >= 4 is 0 Å². The molecule has 0 aliphatic rings. The number of ether oxygens (including phenoxy) is 1. The summed E-state index contributed by atoms with van der Waals surface area (Å²) in [5, 5.41) is 3.30. The van der Waals surface area contributed by atoms with Crippen LogP contribution in [0.1, 0.15) is 32.3 Å². The number of methoxy groups -OCH3 is 1. The Bertz CT molecular complexity index is 384. The average Bonchev–Trinajstić information content (AvgIpc) is 2.39. The smallest absolute Gasteiger partial charge is 0.126 e. The molecule has 2 unspecified atom stereocenters. The van der Waals surface area contributed by atoms with Gasteiger partial charge in [0.1, 0.15) is 11.6 Å². The van der Waals surface area contributed by atoms with E-state index in [1.54, 1.807) is 7.11 Å². The van der Waals surface area contributed by atoms with Crippen molar-refractivity contribution in [2.75, 3.05) is 13.7 Å². The van der Waals surface area contributed by atoms with E-state index in [9.17, 15) is 8.78 Å². The van der Waals surface area contributed by atoms with Crippen molar-refractivity contribution in [2.24, 2.45) is 0 Å². The van der Waals surface area contributed by atoms with Crippen LogP contribution >= 0.6 is 0 Å². The van der Waals surface area contributed by atoms with Gasteiger partial charge in [-0.3, -0.25) is 0 Å². The highest BCUT2D eigenvalue weighted by Gasteiger charge is 2.21. The van der Waals surface area contributed by atoms with E-state index in [-0.39, 0.29) is 18.0 Å². The summed E-state index contributed by atoms with van der Waals surface area (Å²) >= 11 is 0. The second-order valence-corrected chi connectivity index (χ2v) is 4.67. The van der Waals surface area contributed by atoms with Gasteiger partial charge in [0.2, 0.25) is 0 Å². The van der Waals surface area contributed by atoms with Crippen molar-refractivity contribution in [2.45, 2.75) is 45.3 Å². The fourth-order valence-electron chi connectivity index (χ4n) is 2.30. The van der Waals surface area contributed by atoms with E-state index in [4.69, 9.17) is 4.74 Å². The number of hydrogen-bond donors (Lipinski definition) is 1. The molecule has 108 valence electrons. The number of hydrogen-bond acceptors (Lipinski definition) is 2. The Morgan fingerprint density at radius 3 is 2.58 bits per heavy atom. The van der Waals surface area contributed by atoms with Crippen LogP contribution in [0.2, 0.25) is 0 Å². The SMILES string of the molecule is CCCC(OC)C(Cc1cc(F)ccc1F)NCC. The molecule has 4 heteroatoms. The zero-order chi connectivity index (χ0) is 14.3. The molecule has 0 saturated carbocycles. The summed E-state index contributed by atoms with van der Waals surface area (Å²) in [6.45, 7) is 4.84. The van der Waals surface area contributed by atoms with Gasteiger partial charge in [-0.25, -0.2) is 8.78 Å². The summed E-state index contributed by atoms with van der Waals surface area (Å²) in [4.78, 5) is 0. The van der Waals surface area contributed by atoms with Crippen LogP contribution in [0.4, 0.5) is 8.78 Å². The molecule has 1 aromatic carbocycles. The second-order valence-electron chi connectivity index (χ2n) is 4.67. The van der Waals surface area contributed by atoms with Gasteiger partial charge in [0.15, 0.2) is 0 Å². The Morgan fingerprint density at radius 1 is 1.26 bits per heavy atom.